The van der Waals surface area contributed by atoms with Crippen LogP contribution in [0.1, 0.15) is 45.3 Å². The van der Waals surface area contributed by atoms with E-state index in [1.165, 1.54) is 6.07 Å². The molecule has 1 atom stereocenters. The third-order valence-corrected chi connectivity index (χ3v) is 6.36. The Morgan fingerprint density at radius 3 is 2.68 bits per heavy atom. The molecule has 6 nitrogen and oxygen atoms in total. The number of carbonyl (C=O) groups is 1. The molecule has 1 unspecified atom stereocenters. The number of carbonyl (C=O) groups excluding carboxylic acids is 1. The van der Waals surface area contributed by atoms with Crippen molar-refractivity contribution in [2.75, 3.05) is 0 Å². The summed E-state index contributed by atoms with van der Waals surface area (Å²) in [6.45, 7) is 1.15. The fourth-order valence-corrected chi connectivity index (χ4v) is 4.59. The Morgan fingerprint density at radius 2 is 1.88 bits per heavy atom. The van der Waals surface area contributed by atoms with Gasteiger partial charge in [-0.25, -0.2) is 9.37 Å². The quantitative estimate of drug-likeness (QED) is 0.422. The molecule has 5 N–H and O–H groups in total. The van der Waals surface area contributed by atoms with Gasteiger partial charge in [-0.15, -0.1) is 0 Å². The molecule has 7 heteroatoms. The zero-order valence-corrected chi connectivity index (χ0v) is 18.7. The lowest BCUT2D eigenvalue weighted by Crippen LogP contribution is -2.21. The minimum atomic E-state index is -0.454. The Labute approximate surface area is 197 Å². The number of fused-ring (bicyclic) bond motifs is 1. The highest BCUT2D eigenvalue weighted by Gasteiger charge is 2.29. The Bertz CT molecular complexity index is 1360. The number of benzene rings is 3. The van der Waals surface area contributed by atoms with Gasteiger partial charge in [0.2, 0.25) is 0 Å². The molecule has 0 saturated heterocycles. The Hall–Kier alpha value is -3.65. The molecule has 1 aliphatic heterocycles. The van der Waals surface area contributed by atoms with Crippen LogP contribution < -0.4 is 16.8 Å². The van der Waals surface area contributed by atoms with E-state index in [9.17, 15) is 4.79 Å². The summed E-state index contributed by atoms with van der Waals surface area (Å²) in [5.74, 6) is -0.440. The van der Waals surface area contributed by atoms with E-state index in [1.807, 2.05) is 54.6 Å². The average Bonchev–Trinajstić information content (AvgIpc) is 3.23. The zero-order chi connectivity index (χ0) is 23.7. The van der Waals surface area contributed by atoms with E-state index in [4.69, 9.17) is 11.5 Å². The van der Waals surface area contributed by atoms with Crippen molar-refractivity contribution in [1.29, 1.82) is 0 Å². The molecule has 2 heterocycles. The standard InChI is InChI=1S/C27H26FN5O/c28-23-11-18(21-7-2-1-5-19(21)14-30)8-9-22(23)24-12-26(34)27-25(15-31-24)32-16-33(27)20-6-3-4-17(10-20)13-29/h1-11,16,24,31H,12-15,29-30H2. The minimum Gasteiger partial charge on any atom is -0.326 e. The van der Waals surface area contributed by atoms with Gasteiger partial charge in [0, 0.05) is 43.3 Å². The van der Waals surface area contributed by atoms with E-state index < -0.39 is 6.04 Å². The van der Waals surface area contributed by atoms with E-state index in [-0.39, 0.29) is 18.0 Å². The van der Waals surface area contributed by atoms with Crippen molar-refractivity contribution in [2.45, 2.75) is 32.1 Å². The summed E-state index contributed by atoms with van der Waals surface area (Å²) in [6, 6.07) is 20.1. The number of halogens is 1. The number of hydrogen-bond donors (Lipinski definition) is 3. The van der Waals surface area contributed by atoms with Crippen molar-refractivity contribution < 1.29 is 9.18 Å². The van der Waals surface area contributed by atoms with Gasteiger partial charge in [0.05, 0.1) is 5.69 Å². The van der Waals surface area contributed by atoms with Gasteiger partial charge in [0.15, 0.2) is 5.78 Å². The summed E-state index contributed by atoms with van der Waals surface area (Å²) in [6.07, 6.45) is 1.79. The number of nitrogens with one attached hydrogen (secondary N) is 1. The van der Waals surface area contributed by atoms with E-state index in [0.717, 1.165) is 27.9 Å². The van der Waals surface area contributed by atoms with Crippen LogP contribution >= 0.6 is 0 Å². The summed E-state index contributed by atoms with van der Waals surface area (Å²) < 4.78 is 17.1. The summed E-state index contributed by atoms with van der Waals surface area (Å²) in [5, 5.41) is 3.32. The third-order valence-electron chi connectivity index (χ3n) is 6.36. The van der Waals surface area contributed by atoms with Crippen LogP contribution in [0.2, 0.25) is 0 Å². The van der Waals surface area contributed by atoms with Gasteiger partial charge in [0.25, 0.3) is 0 Å². The smallest absolute Gasteiger partial charge is 0.183 e. The molecular formula is C27H26FN5O. The lowest BCUT2D eigenvalue weighted by molar-refractivity contribution is 0.0966. The number of hydrogen-bond acceptors (Lipinski definition) is 5. The first kappa shape index (κ1) is 22.2. The lowest BCUT2D eigenvalue weighted by atomic mass is 9.95. The monoisotopic (exact) mass is 455 g/mol. The molecule has 0 spiro atoms. The maximum Gasteiger partial charge on any atom is 0.183 e. The van der Waals surface area contributed by atoms with Crippen molar-refractivity contribution in [1.82, 2.24) is 14.9 Å². The molecule has 0 amide bonds. The lowest BCUT2D eigenvalue weighted by Gasteiger charge is -2.18. The SMILES string of the molecule is NCc1cccc(-n2cnc3c2C(=O)CC(c2ccc(-c4ccccc4CN)cc2F)NC3)c1. The molecule has 34 heavy (non-hydrogen) atoms. The minimum absolute atomic E-state index is 0.0856. The highest BCUT2D eigenvalue weighted by atomic mass is 19.1. The van der Waals surface area contributed by atoms with Gasteiger partial charge in [-0.1, -0.05) is 48.5 Å². The van der Waals surface area contributed by atoms with Crippen molar-refractivity contribution in [3.63, 3.8) is 0 Å². The van der Waals surface area contributed by atoms with Crippen LogP contribution in [0.15, 0.2) is 73.1 Å². The van der Waals surface area contributed by atoms with Gasteiger partial charge < -0.3 is 16.8 Å². The number of ketones is 1. The number of nitrogens with zero attached hydrogens (tertiary/aromatic N) is 2. The van der Waals surface area contributed by atoms with Crippen LogP contribution in [0.4, 0.5) is 4.39 Å². The average molecular weight is 456 g/mol. The normalized spacial score (nSPS) is 15.7. The predicted octanol–water partition coefficient (Wildman–Crippen LogP) is 4.01. The first-order chi connectivity index (χ1) is 16.6. The van der Waals surface area contributed by atoms with Crippen LogP contribution in [0.5, 0.6) is 0 Å². The number of rotatable bonds is 5. The molecular weight excluding hydrogens is 429 g/mol. The Kier molecular flexibility index (Phi) is 6.06. The molecule has 1 aromatic heterocycles. The predicted molar refractivity (Wildman–Crippen MR) is 130 cm³/mol. The summed E-state index contributed by atoms with van der Waals surface area (Å²) in [4.78, 5) is 17.8. The second kappa shape index (κ2) is 9.30. The molecule has 0 aliphatic carbocycles. The highest BCUT2D eigenvalue weighted by Crippen LogP contribution is 2.31. The first-order valence-corrected chi connectivity index (χ1v) is 11.3. The highest BCUT2D eigenvalue weighted by molar-refractivity contribution is 5.97. The zero-order valence-electron chi connectivity index (χ0n) is 18.7. The van der Waals surface area contributed by atoms with Gasteiger partial charge >= 0.3 is 0 Å². The maximum atomic E-state index is 15.3. The Balaban J connectivity index is 1.44. The van der Waals surface area contributed by atoms with Gasteiger partial charge in [-0.2, -0.15) is 0 Å². The van der Waals surface area contributed by atoms with Crippen molar-refractivity contribution >= 4 is 5.78 Å². The topological polar surface area (TPSA) is 99.0 Å². The molecule has 0 fully saturated rings. The molecule has 1 aliphatic rings. The third kappa shape index (κ3) is 4.05. The van der Waals surface area contributed by atoms with Crippen LogP contribution in [0.25, 0.3) is 16.8 Å². The van der Waals surface area contributed by atoms with Crippen LogP contribution in [0.3, 0.4) is 0 Å². The van der Waals surface area contributed by atoms with E-state index >= 15 is 4.39 Å². The molecule has 4 aromatic rings. The van der Waals surface area contributed by atoms with Crippen molar-refractivity contribution in [3.8, 4) is 16.8 Å². The van der Waals surface area contributed by atoms with Crippen LogP contribution in [-0.2, 0) is 19.6 Å². The molecule has 0 radical (unpaired) electrons. The number of nitrogens with two attached hydrogens (primary N) is 2. The fourth-order valence-electron chi connectivity index (χ4n) is 4.59. The van der Waals surface area contributed by atoms with Crippen LogP contribution in [0, 0.1) is 5.82 Å². The van der Waals surface area contributed by atoms with E-state index in [1.54, 1.807) is 17.0 Å². The largest absolute Gasteiger partial charge is 0.326 e. The molecule has 3 aromatic carbocycles. The van der Waals surface area contributed by atoms with E-state index in [0.29, 0.717) is 36.6 Å². The maximum absolute atomic E-state index is 15.3. The first-order valence-electron chi connectivity index (χ1n) is 11.3. The summed E-state index contributed by atoms with van der Waals surface area (Å²) >= 11 is 0. The van der Waals surface area contributed by atoms with Gasteiger partial charge in [0.1, 0.15) is 17.8 Å². The van der Waals surface area contributed by atoms with Crippen molar-refractivity contribution in [3.05, 3.63) is 107 Å². The Morgan fingerprint density at radius 1 is 1.03 bits per heavy atom. The van der Waals surface area contributed by atoms with Gasteiger partial charge in [-0.3, -0.25) is 9.36 Å². The molecule has 172 valence electrons. The van der Waals surface area contributed by atoms with Crippen molar-refractivity contribution in [2.24, 2.45) is 11.5 Å². The second-order valence-corrected chi connectivity index (χ2v) is 8.44. The molecule has 0 bridgehead atoms. The number of imidazole rings is 1. The number of Topliss-reactive ketones (excluding diaryl/α,β-unsaturated/α-hetero) is 1. The summed E-state index contributed by atoms with van der Waals surface area (Å²) in [5.41, 5.74) is 17.7. The van der Waals surface area contributed by atoms with E-state index in [2.05, 4.69) is 10.3 Å². The number of aromatic nitrogens is 2. The van der Waals surface area contributed by atoms with Gasteiger partial charge in [-0.05, 0) is 40.5 Å². The fraction of sp³-hybridized carbons (Fsp3) is 0.185. The molecule has 5 rings (SSSR count). The summed E-state index contributed by atoms with van der Waals surface area (Å²) in [7, 11) is 0. The second-order valence-electron chi connectivity index (χ2n) is 8.44. The van der Waals surface area contributed by atoms with Crippen LogP contribution in [-0.4, -0.2) is 15.3 Å². The molecule has 0 saturated carbocycles.